The van der Waals surface area contributed by atoms with Crippen molar-refractivity contribution < 1.29 is 13.8 Å². The number of nitrogens with two attached hydrogens (primary N) is 1. The van der Waals surface area contributed by atoms with Gasteiger partial charge in [-0.15, -0.1) is 0 Å². The van der Waals surface area contributed by atoms with E-state index in [0.717, 1.165) is 10.6 Å². The average molecular weight is 237 g/mol. The number of carbonyl (C=O) groups excluding carboxylic acids is 1. The van der Waals surface area contributed by atoms with Crippen molar-refractivity contribution in [3.8, 4) is 0 Å². The maximum atomic E-state index is 11.8. The fourth-order valence-electron chi connectivity index (χ4n) is 1.50. The lowest BCUT2D eigenvalue weighted by molar-refractivity contribution is -0.670. The molecule has 0 fully saturated rings. The molecule has 16 heavy (non-hydrogen) atoms. The molecule has 0 aromatic carbocycles. The summed E-state index contributed by atoms with van der Waals surface area (Å²) in [6.07, 6.45) is 1.49. The molecule has 0 saturated heterocycles. The second-order valence-corrected chi connectivity index (χ2v) is 4.80. The van der Waals surface area contributed by atoms with Gasteiger partial charge in [-0.2, -0.15) is 0 Å². The third-order valence-corrected chi connectivity index (χ3v) is 3.57. The summed E-state index contributed by atoms with van der Waals surface area (Å²) in [5, 5.41) is 0.648. The van der Waals surface area contributed by atoms with E-state index in [1.165, 1.54) is 17.6 Å². The molecular weight excluding hydrogens is 224 g/mol. The summed E-state index contributed by atoms with van der Waals surface area (Å²) in [4.78, 5) is 13.0. The Balaban J connectivity index is 2.25. The van der Waals surface area contributed by atoms with Crippen molar-refractivity contribution in [2.24, 2.45) is 0 Å². The normalized spacial score (nSPS) is 10.6. The van der Waals surface area contributed by atoms with Crippen LogP contribution >= 0.6 is 11.3 Å². The molecule has 5 heteroatoms. The van der Waals surface area contributed by atoms with Gasteiger partial charge in [0.2, 0.25) is 5.78 Å². The minimum absolute atomic E-state index is 0.0670. The molecule has 0 aliphatic carbocycles. The van der Waals surface area contributed by atoms with Gasteiger partial charge in [-0.05, 0) is 26.0 Å². The predicted molar refractivity (Wildman–Crippen MR) is 61.4 cm³/mol. The van der Waals surface area contributed by atoms with Gasteiger partial charge in [0.25, 0.3) is 0 Å². The molecule has 2 aromatic heterocycles. The van der Waals surface area contributed by atoms with Crippen LogP contribution in [0, 0.1) is 13.8 Å². The maximum absolute atomic E-state index is 11.8. The Morgan fingerprint density at radius 2 is 2.31 bits per heavy atom. The van der Waals surface area contributed by atoms with Gasteiger partial charge in [0.15, 0.2) is 12.3 Å². The molecule has 0 radical (unpaired) electrons. The highest BCUT2D eigenvalue weighted by molar-refractivity contribution is 7.15. The van der Waals surface area contributed by atoms with Crippen molar-refractivity contribution in [3.05, 3.63) is 34.7 Å². The number of aryl methyl sites for hydroxylation is 1. The smallest absolute Gasteiger partial charge is 0.332 e. The van der Waals surface area contributed by atoms with E-state index in [2.05, 4.69) is 0 Å². The zero-order valence-electron chi connectivity index (χ0n) is 9.19. The number of nitrogen functional groups attached to an aromatic ring is 1. The molecule has 0 bridgehead atoms. The Labute approximate surface area is 97.3 Å². The number of nitrogens with zero attached hydrogens (tertiary/aromatic N) is 1. The van der Waals surface area contributed by atoms with E-state index < -0.39 is 0 Å². The van der Waals surface area contributed by atoms with Crippen LogP contribution in [-0.2, 0) is 6.54 Å². The van der Waals surface area contributed by atoms with Gasteiger partial charge in [0.05, 0.1) is 11.1 Å². The molecule has 0 spiro atoms. The minimum Gasteiger partial charge on any atom is -0.461 e. The fraction of sp³-hybridized carbons (Fsp3) is 0.273. The third-order valence-electron chi connectivity index (χ3n) is 2.54. The lowest BCUT2D eigenvalue weighted by atomic mass is 10.3. The van der Waals surface area contributed by atoms with Crippen LogP contribution in [0.1, 0.15) is 21.1 Å². The Hall–Kier alpha value is -1.62. The second kappa shape index (κ2) is 4.09. The van der Waals surface area contributed by atoms with Crippen LogP contribution < -0.4 is 10.3 Å². The summed E-state index contributed by atoms with van der Waals surface area (Å²) in [5.74, 6) is 0.303. The highest BCUT2D eigenvalue weighted by atomic mass is 32.1. The van der Waals surface area contributed by atoms with Crippen LogP contribution in [0.2, 0.25) is 0 Å². The molecule has 2 N–H and O–H groups in total. The topological polar surface area (TPSA) is 60.1 Å². The van der Waals surface area contributed by atoms with E-state index >= 15 is 0 Å². The molecule has 0 amide bonds. The first kappa shape index (κ1) is 10.9. The summed E-state index contributed by atoms with van der Waals surface area (Å²) in [6.45, 7) is 4.18. The highest BCUT2D eigenvalue weighted by Crippen LogP contribution is 2.16. The second-order valence-electron chi connectivity index (χ2n) is 3.57. The Kier molecular flexibility index (Phi) is 2.78. The number of anilines is 1. The lowest BCUT2D eigenvalue weighted by Gasteiger charge is -1.98. The van der Waals surface area contributed by atoms with E-state index in [-0.39, 0.29) is 12.3 Å². The van der Waals surface area contributed by atoms with Crippen molar-refractivity contribution in [1.29, 1.82) is 0 Å². The summed E-state index contributed by atoms with van der Waals surface area (Å²) >= 11 is 1.49. The third kappa shape index (κ3) is 1.86. The minimum atomic E-state index is -0.0670. The number of rotatable bonds is 3. The van der Waals surface area contributed by atoms with Crippen molar-refractivity contribution in [2.75, 3.05) is 5.73 Å². The molecule has 84 valence electrons. The fourth-order valence-corrected chi connectivity index (χ4v) is 2.38. The molecule has 0 atom stereocenters. The van der Waals surface area contributed by atoms with Gasteiger partial charge in [-0.3, -0.25) is 10.5 Å². The van der Waals surface area contributed by atoms with Gasteiger partial charge >= 0.3 is 5.13 Å². The largest absolute Gasteiger partial charge is 0.461 e. The number of ketones is 1. The molecule has 0 unspecified atom stereocenters. The molecule has 0 aliphatic heterocycles. The van der Waals surface area contributed by atoms with Crippen LogP contribution in [0.3, 0.4) is 0 Å². The van der Waals surface area contributed by atoms with Gasteiger partial charge in [-0.25, -0.2) is 4.57 Å². The van der Waals surface area contributed by atoms with Gasteiger partial charge in [0.1, 0.15) is 5.69 Å². The summed E-state index contributed by atoms with van der Waals surface area (Å²) in [7, 11) is 0. The van der Waals surface area contributed by atoms with E-state index in [1.54, 1.807) is 12.1 Å². The van der Waals surface area contributed by atoms with Crippen LogP contribution in [0.5, 0.6) is 0 Å². The molecule has 2 heterocycles. The molecule has 2 aromatic rings. The van der Waals surface area contributed by atoms with Crippen LogP contribution in [0.4, 0.5) is 5.13 Å². The number of thiazole rings is 1. The van der Waals surface area contributed by atoms with E-state index in [1.807, 2.05) is 18.4 Å². The van der Waals surface area contributed by atoms with Crippen LogP contribution in [0.15, 0.2) is 22.8 Å². The van der Waals surface area contributed by atoms with E-state index in [0.29, 0.717) is 10.9 Å². The lowest BCUT2D eigenvalue weighted by Crippen LogP contribution is -2.41. The summed E-state index contributed by atoms with van der Waals surface area (Å²) in [5.41, 5.74) is 6.87. The number of aromatic nitrogens is 1. The maximum Gasteiger partial charge on any atom is 0.332 e. The van der Waals surface area contributed by atoms with Crippen molar-refractivity contribution in [1.82, 2.24) is 0 Å². The number of furan rings is 1. The predicted octanol–water partition coefficient (Wildman–Crippen LogP) is 1.71. The highest BCUT2D eigenvalue weighted by Gasteiger charge is 2.20. The summed E-state index contributed by atoms with van der Waals surface area (Å²) < 4.78 is 6.86. The molecule has 0 aliphatic rings. The van der Waals surface area contributed by atoms with Gasteiger partial charge in [0, 0.05) is 0 Å². The first-order valence-corrected chi connectivity index (χ1v) is 5.73. The SMILES string of the molecule is Cc1sc(N)[n+](CC(=O)c2ccco2)c1C. The van der Waals surface area contributed by atoms with Crippen molar-refractivity contribution in [2.45, 2.75) is 20.4 Å². The Morgan fingerprint density at radius 3 is 2.81 bits per heavy atom. The van der Waals surface area contributed by atoms with Gasteiger partial charge in [-0.1, -0.05) is 11.3 Å². The first-order chi connectivity index (χ1) is 7.59. The van der Waals surface area contributed by atoms with E-state index in [9.17, 15) is 4.79 Å². The molecular formula is C11H13N2O2S+. The monoisotopic (exact) mass is 237 g/mol. The molecule has 0 saturated carbocycles. The molecule has 2 rings (SSSR count). The van der Waals surface area contributed by atoms with Crippen LogP contribution in [0.25, 0.3) is 0 Å². The standard InChI is InChI=1S/C11H12N2O2S/c1-7-8(2)16-11(12)13(7)6-9(14)10-4-3-5-15-10/h3-5,12H,6H2,1-2H3/p+1. The number of carbonyl (C=O) groups is 1. The van der Waals surface area contributed by atoms with Crippen molar-refractivity contribution >= 4 is 22.3 Å². The Bertz CT molecular complexity index is 514. The van der Waals surface area contributed by atoms with Gasteiger partial charge < -0.3 is 4.42 Å². The number of Topliss-reactive ketones (excluding diaryl/α,β-unsaturated/α-hetero) is 1. The zero-order chi connectivity index (χ0) is 11.7. The van der Waals surface area contributed by atoms with Crippen molar-refractivity contribution in [3.63, 3.8) is 0 Å². The van der Waals surface area contributed by atoms with Crippen LogP contribution in [-0.4, -0.2) is 5.78 Å². The molecule has 4 nitrogen and oxygen atoms in total. The zero-order valence-corrected chi connectivity index (χ0v) is 10.0. The average Bonchev–Trinajstić information content (AvgIpc) is 2.83. The Morgan fingerprint density at radius 1 is 1.56 bits per heavy atom. The van der Waals surface area contributed by atoms with E-state index in [4.69, 9.17) is 10.2 Å². The quantitative estimate of drug-likeness (QED) is 0.653. The summed E-state index contributed by atoms with van der Waals surface area (Å²) in [6, 6.07) is 3.36. The first-order valence-electron chi connectivity index (χ1n) is 4.91. The number of hydrogen-bond donors (Lipinski definition) is 1. The number of hydrogen-bond acceptors (Lipinski definition) is 4.